The van der Waals surface area contributed by atoms with Gasteiger partial charge in [0.2, 0.25) is 0 Å². The molecule has 0 saturated heterocycles. The molecule has 1 aromatic rings. The fraction of sp³-hybridized carbons (Fsp3) is 0.588. The normalized spacial score (nSPS) is 17.4. The first-order valence-corrected chi connectivity index (χ1v) is 7.74. The lowest BCUT2D eigenvalue weighted by Crippen LogP contribution is -2.17. The van der Waals surface area contributed by atoms with Gasteiger partial charge in [-0.3, -0.25) is 4.79 Å². The van der Waals surface area contributed by atoms with Gasteiger partial charge in [0.15, 0.2) is 0 Å². The number of fused-ring (bicyclic) bond motifs is 1. The average Bonchev–Trinajstić information content (AvgIpc) is 2.47. The van der Waals surface area contributed by atoms with Gasteiger partial charge in [-0.2, -0.15) is 0 Å². The van der Waals surface area contributed by atoms with Crippen molar-refractivity contribution in [1.82, 2.24) is 0 Å². The Morgan fingerprint density at radius 1 is 1.20 bits per heavy atom. The Balaban J connectivity index is 1.78. The van der Waals surface area contributed by atoms with E-state index in [1.54, 1.807) is 0 Å². The fourth-order valence-electron chi connectivity index (χ4n) is 2.82. The maximum absolute atomic E-state index is 12.1. The summed E-state index contributed by atoms with van der Waals surface area (Å²) in [7, 11) is 0. The van der Waals surface area contributed by atoms with Crippen LogP contribution in [-0.4, -0.2) is 18.9 Å². The van der Waals surface area contributed by atoms with Gasteiger partial charge in [0.25, 0.3) is 0 Å². The van der Waals surface area contributed by atoms with E-state index in [1.807, 2.05) is 18.2 Å². The number of Topliss-reactive ketones (excluding diaryl/α,β-unsaturated/α-hetero) is 1. The zero-order valence-electron chi connectivity index (χ0n) is 12.1. The number of unbranched alkanes of at least 4 members (excludes halogenated alkanes) is 3. The standard InChI is InChI=1S/C17H25NO2/c18-11-6-2-1-3-7-15(19)13-14-10-12-20-17-9-5-4-8-16(14)17/h4-5,8-9,14H,1-3,6-7,10-13,18H2. The van der Waals surface area contributed by atoms with E-state index in [4.69, 9.17) is 10.5 Å². The molecule has 20 heavy (non-hydrogen) atoms. The Morgan fingerprint density at radius 2 is 2.00 bits per heavy atom. The number of nitrogens with two attached hydrogens (primary N) is 1. The van der Waals surface area contributed by atoms with Crippen LogP contribution in [0.2, 0.25) is 0 Å². The lowest BCUT2D eigenvalue weighted by Gasteiger charge is -2.25. The Kier molecular flexibility index (Phi) is 6.06. The number of hydrogen-bond acceptors (Lipinski definition) is 3. The highest BCUT2D eigenvalue weighted by molar-refractivity contribution is 5.79. The van der Waals surface area contributed by atoms with Crippen LogP contribution in [0.5, 0.6) is 5.75 Å². The number of benzene rings is 1. The predicted molar refractivity (Wildman–Crippen MR) is 81.1 cm³/mol. The topological polar surface area (TPSA) is 52.3 Å². The number of para-hydroxylation sites is 1. The predicted octanol–water partition coefficient (Wildman–Crippen LogP) is 3.42. The minimum absolute atomic E-state index is 0.344. The van der Waals surface area contributed by atoms with Gasteiger partial charge >= 0.3 is 0 Å². The van der Waals surface area contributed by atoms with Crippen molar-refractivity contribution in [3.8, 4) is 5.75 Å². The first-order chi connectivity index (χ1) is 9.81. The summed E-state index contributed by atoms with van der Waals surface area (Å²) in [4.78, 5) is 12.1. The lowest BCUT2D eigenvalue weighted by atomic mass is 9.88. The van der Waals surface area contributed by atoms with Crippen molar-refractivity contribution in [2.24, 2.45) is 5.73 Å². The molecule has 0 saturated carbocycles. The minimum Gasteiger partial charge on any atom is -0.493 e. The molecule has 0 fully saturated rings. The monoisotopic (exact) mass is 275 g/mol. The highest BCUT2D eigenvalue weighted by Crippen LogP contribution is 2.35. The summed E-state index contributed by atoms with van der Waals surface area (Å²) in [6.45, 7) is 1.48. The summed E-state index contributed by atoms with van der Waals surface area (Å²) in [5, 5.41) is 0. The minimum atomic E-state index is 0.344. The summed E-state index contributed by atoms with van der Waals surface area (Å²) >= 11 is 0. The zero-order chi connectivity index (χ0) is 14.2. The molecule has 0 spiro atoms. The van der Waals surface area contributed by atoms with Crippen LogP contribution in [0.3, 0.4) is 0 Å². The molecule has 0 amide bonds. The average molecular weight is 275 g/mol. The fourth-order valence-corrected chi connectivity index (χ4v) is 2.82. The van der Waals surface area contributed by atoms with Crippen molar-refractivity contribution in [2.75, 3.05) is 13.2 Å². The van der Waals surface area contributed by atoms with Gasteiger partial charge in [-0.25, -0.2) is 0 Å². The van der Waals surface area contributed by atoms with E-state index in [0.717, 1.165) is 51.0 Å². The maximum atomic E-state index is 12.1. The summed E-state index contributed by atoms with van der Waals surface area (Å²) in [5.74, 6) is 1.69. The van der Waals surface area contributed by atoms with Crippen molar-refractivity contribution in [3.63, 3.8) is 0 Å². The third-order valence-corrected chi connectivity index (χ3v) is 3.97. The third kappa shape index (κ3) is 4.34. The molecule has 1 unspecified atom stereocenters. The van der Waals surface area contributed by atoms with Crippen LogP contribution in [0.4, 0.5) is 0 Å². The molecule has 2 N–H and O–H groups in total. The largest absolute Gasteiger partial charge is 0.493 e. The Morgan fingerprint density at radius 3 is 2.85 bits per heavy atom. The second-order valence-corrected chi connectivity index (χ2v) is 5.57. The first-order valence-electron chi connectivity index (χ1n) is 7.74. The number of ketones is 1. The third-order valence-electron chi connectivity index (χ3n) is 3.97. The molecule has 0 radical (unpaired) electrons. The van der Waals surface area contributed by atoms with Crippen LogP contribution in [0.25, 0.3) is 0 Å². The number of carbonyl (C=O) groups is 1. The maximum Gasteiger partial charge on any atom is 0.133 e. The summed E-state index contributed by atoms with van der Waals surface area (Å²) in [6, 6.07) is 8.10. The highest BCUT2D eigenvalue weighted by Gasteiger charge is 2.22. The molecular formula is C17H25NO2. The Hall–Kier alpha value is -1.35. The van der Waals surface area contributed by atoms with Crippen LogP contribution >= 0.6 is 0 Å². The zero-order valence-corrected chi connectivity index (χ0v) is 12.1. The molecule has 0 aromatic heterocycles. The van der Waals surface area contributed by atoms with Crippen molar-refractivity contribution >= 4 is 5.78 Å². The molecule has 1 aliphatic heterocycles. The van der Waals surface area contributed by atoms with Crippen LogP contribution in [0.1, 0.15) is 56.4 Å². The molecule has 1 atom stereocenters. The molecule has 0 aliphatic carbocycles. The van der Waals surface area contributed by atoms with Crippen LogP contribution in [0, 0.1) is 0 Å². The van der Waals surface area contributed by atoms with Crippen LogP contribution < -0.4 is 10.5 Å². The van der Waals surface area contributed by atoms with Crippen LogP contribution in [-0.2, 0) is 4.79 Å². The van der Waals surface area contributed by atoms with Crippen molar-refractivity contribution in [2.45, 2.75) is 50.9 Å². The first kappa shape index (κ1) is 15.0. The Bertz CT molecular complexity index is 431. The number of rotatable bonds is 8. The van der Waals surface area contributed by atoms with Crippen LogP contribution in [0.15, 0.2) is 24.3 Å². The highest BCUT2D eigenvalue weighted by atomic mass is 16.5. The van der Waals surface area contributed by atoms with Gasteiger partial charge in [0.1, 0.15) is 11.5 Å². The van der Waals surface area contributed by atoms with Gasteiger partial charge < -0.3 is 10.5 Å². The van der Waals surface area contributed by atoms with E-state index >= 15 is 0 Å². The summed E-state index contributed by atoms with van der Waals surface area (Å²) in [5.41, 5.74) is 6.66. The number of hydrogen-bond donors (Lipinski definition) is 1. The van der Waals surface area contributed by atoms with Gasteiger partial charge in [0, 0.05) is 12.8 Å². The van der Waals surface area contributed by atoms with Gasteiger partial charge in [-0.15, -0.1) is 0 Å². The van der Waals surface area contributed by atoms with E-state index in [0.29, 0.717) is 24.5 Å². The van der Waals surface area contributed by atoms with E-state index in [2.05, 4.69) is 6.07 Å². The smallest absolute Gasteiger partial charge is 0.133 e. The molecule has 110 valence electrons. The van der Waals surface area contributed by atoms with E-state index < -0.39 is 0 Å². The second kappa shape index (κ2) is 8.05. The molecular weight excluding hydrogens is 250 g/mol. The summed E-state index contributed by atoms with van der Waals surface area (Å²) in [6.07, 6.45) is 6.67. The molecule has 3 heteroatoms. The number of carbonyl (C=O) groups excluding carboxylic acids is 1. The number of ether oxygens (including phenoxy) is 1. The van der Waals surface area contributed by atoms with Gasteiger partial charge in [-0.1, -0.05) is 31.0 Å². The molecule has 0 bridgehead atoms. The van der Waals surface area contributed by atoms with Gasteiger partial charge in [0.05, 0.1) is 6.61 Å². The van der Waals surface area contributed by atoms with E-state index in [9.17, 15) is 4.79 Å². The molecule has 3 nitrogen and oxygen atoms in total. The quantitative estimate of drug-likeness (QED) is 0.740. The van der Waals surface area contributed by atoms with Crippen molar-refractivity contribution < 1.29 is 9.53 Å². The van der Waals surface area contributed by atoms with E-state index in [-0.39, 0.29) is 0 Å². The lowest BCUT2D eigenvalue weighted by molar-refractivity contribution is -0.119. The van der Waals surface area contributed by atoms with E-state index in [1.165, 1.54) is 5.56 Å². The van der Waals surface area contributed by atoms with Gasteiger partial charge in [-0.05, 0) is 43.4 Å². The summed E-state index contributed by atoms with van der Waals surface area (Å²) < 4.78 is 5.64. The van der Waals surface area contributed by atoms with Crippen molar-refractivity contribution in [1.29, 1.82) is 0 Å². The van der Waals surface area contributed by atoms with Crippen molar-refractivity contribution in [3.05, 3.63) is 29.8 Å². The molecule has 2 rings (SSSR count). The molecule has 1 heterocycles. The molecule has 1 aromatic carbocycles. The SMILES string of the molecule is NCCCCCCC(=O)CC1CCOc2ccccc21. The Labute approximate surface area is 121 Å². The second-order valence-electron chi connectivity index (χ2n) is 5.57. The molecule has 1 aliphatic rings.